The number of hydrogen-bond acceptors (Lipinski definition) is 4. The van der Waals surface area contributed by atoms with Crippen LogP contribution in [0.25, 0.3) is 0 Å². The molecule has 6 nitrogen and oxygen atoms in total. The molecule has 166 valence electrons. The third-order valence-corrected chi connectivity index (χ3v) is 5.68. The van der Waals surface area contributed by atoms with Crippen molar-refractivity contribution in [3.05, 3.63) is 52.5 Å². The van der Waals surface area contributed by atoms with Gasteiger partial charge in [0.1, 0.15) is 5.75 Å². The Labute approximate surface area is 193 Å². The van der Waals surface area contributed by atoms with E-state index in [-0.39, 0.29) is 17.7 Å². The predicted octanol–water partition coefficient (Wildman–Crippen LogP) is 4.70. The van der Waals surface area contributed by atoms with Gasteiger partial charge in [-0.15, -0.1) is 0 Å². The molecule has 3 rings (SSSR count). The average molecular weight is 464 g/mol. The summed E-state index contributed by atoms with van der Waals surface area (Å²) in [5, 5.41) is 3.71. The predicted molar refractivity (Wildman–Crippen MR) is 125 cm³/mol. The summed E-state index contributed by atoms with van der Waals surface area (Å²) in [5.41, 5.74) is 1.74. The van der Waals surface area contributed by atoms with E-state index in [1.54, 1.807) is 25.1 Å². The molecule has 1 atom stereocenters. The maximum absolute atomic E-state index is 12.5. The SMILES string of the molecule is CC(C)C(=O)N1CCN(c2ccc(NC(=O)[C@H](C)Oc3ccc(Cl)cc3Cl)cc2)CC1. The first-order valence-electron chi connectivity index (χ1n) is 10.3. The Hall–Kier alpha value is -2.44. The molecule has 1 saturated heterocycles. The highest BCUT2D eigenvalue weighted by Gasteiger charge is 2.23. The quantitative estimate of drug-likeness (QED) is 0.673. The number of nitrogens with zero attached hydrogens (tertiary/aromatic N) is 2. The van der Waals surface area contributed by atoms with E-state index in [2.05, 4.69) is 10.2 Å². The summed E-state index contributed by atoms with van der Waals surface area (Å²) < 4.78 is 5.66. The molecule has 0 bridgehead atoms. The second kappa shape index (κ2) is 10.2. The van der Waals surface area contributed by atoms with Crippen LogP contribution in [0.5, 0.6) is 5.75 Å². The average Bonchev–Trinajstić information content (AvgIpc) is 2.75. The maximum atomic E-state index is 12.5. The van der Waals surface area contributed by atoms with Crippen LogP contribution in [0.3, 0.4) is 0 Å². The molecule has 0 aliphatic carbocycles. The molecule has 0 radical (unpaired) electrons. The van der Waals surface area contributed by atoms with Crippen molar-refractivity contribution in [3.8, 4) is 5.75 Å². The number of carbonyl (C=O) groups is 2. The summed E-state index contributed by atoms with van der Waals surface area (Å²) in [6.07, 6.45) is -0.732. The van der Waals surface area contributed by atoms with E-state index in [0.29, 0.717) is 21.5 Å². The van der Waals surface area contributed by atoms with E-state index < -0.39 is 6.10 Å². The Bertz CT molecular complexity index is 926. The summed E-state index contributed by atoms with van der Waals surface area (Å²) in [6, 6.07) is 12.5. The van der Waals surface area contributed by atoms with Crippen molar-refractivity contribution in [3.63, 3.8) is 0 Å². The lowest BCUT2D eigenvalue weighted by atomic mass is 10.1. The van der Waals surface area contributed by atoms with Crippen LogP contribution < -0.4 is 15.0 Å². The van der Waals surface area contributed by atoms with Gasteiger partial charge in [0.05, 0.1) is 5.02 Å². The van der Waals surface area contributed by atoms with Crippen LogP contribution in [0.2, 0.25) is 10.0 Å². The Morgan fingerprint density at radius 1 is 0.968 bits per heavy atom. The Balaban J connectivity index is 1.53. The minimum Gasteiger partial charge on any atom is -0.479 e. The number of halogens is 2. The number of carbonyl (C=O) groups excluding carboxylic acids is 2. The standard InChI is InChI=1S/C23H27Cl2N3O3/c1-15(2)23(30)28-12-10-27(11-13-28)19-7-5-18(6-8-19)26-22(29)16(3)31-21-9-4-17(24)14-20(21)25/h4-9,14-16H,10-13H2,1-3H3,(H,26,29)/t16-/m0/s1. The van der Waals surface area contributed by atoms with Crippen molar-refractivity contribution in [1.82, 2.24) is 4.90 Å². The molecule has 0 unspecified atom stereocenters. The fourth-order valence-corrected chi connectivity index (χ4v) is 3.82. The summed E-state index contributed by atoms with van der Waals surface area (Å²) in [4.78, 5) is 28.8. The van der Waals surface area contributed by atoms with Crippen LogP contribution in [-0.2, 0) is 9.59 Å². The lowest BCUT2D eigenvalue weighted by Gasteiger charge is -2.37. The first-order valence-corrected chi connectivity index (χ1v) is 11.1. The van der Waals surface area contributed by atoms with Gasteiger partial charge < -0.3 is 19.9 Å². The zero-order valence-electron chi connectivity index (χ0n) is 17.9. The van der Waals surface area contributed by atoms with Gasteiger partial charge in [0.15, 0.2) is 6.10 Å². The molecule has 0 saturated carbocycles. The van der Waals surface area contributed by atoms with Crippen LogP contribution in [0.1, 0.15) is 20.8 Å². The van der Waals surface area contributed by atoms with Crippen molar-refractivity contribution in [2.75, 3.05) is 36.4 Å². The number of amides is 2. The van der Waals surface area contributed by atoms with E-state index in [1.807, 2.05) is 43.0 Å². The summed E-state index contributed by atoms with van der Waals surface area (Å²) in [6.45, 7) is 8.53. The minimum atomic E-state index is -0.732. The lowest BCUT2D eigenvalue weighted by molar-refractivity contribution is -0.134. The highest BCUT2D eigenvalue weighted by atomic mass is 35.5. The topological polar surface area (TPSA) is 61.9 Å². The van der Waals surface area contributed by atoms with E-state index in [1.165, 1.54) is 0 Å². The van der Waals surface area contributed by atoms with Crippen LogP contribution in [0.15, 0.2) is 42.5 Å². The first-order chi connectivity index (χ1) is 14.7. The maximum Gasteiger partial charge on any atom is 0.265 e. The van der Waals surface area contributed by atoms with Gasteiger partial charge in [-0.3, -0.25) is 9.59 Å². The lowest BCUT2D eigenvalue weighted by Crippen LogP contribution is -2.49. The number of anilines is 2. The second-order valence-corrected chi connectivity index (χ2v) is 8.68. The van der Waals surface area contributed by atoms with Crippen molar-refractivity contribution < 1.29 is 14.3 Å². The number of ether oxygens (including phenoxy) is 1. The van der Waals surface area contributed by atoms with Gasteiger partial charge in [-0.1, -0.05) is 37.0 Å². The first kappa shape index (κ1) is 23.2. The molecule has 1 aliphatic heterocycles. The highest BCUT2D eigenvalue weighted by molar-refractivity contribution is 6.35. The van der Waals surface area contributed by atoms with Crippen LogP contribution in [0.4, 0.5) is 11.4 Å². The fourth-order valence-electron chi connectivity index (χ4n) is 3.36. The van der Waals surface area contributed by atoms with Crippen LogP contribution in [-0.4, -0.2) is 49.0 Å². The molecule has 8 heteroatoms. The second-order valence-electron chi connectivity index (χ2n) is 7.84. The zero-order valence-corrected chi connectivity index (χ0v) is 19.4. The molecule has 2 amide bonds. The fraction of sp³-hybridized carbons (Fsp3) is 0.391. The van der Waals surface area contributed by atoms with Crippen molar-refractivity contribution >= 4 is 46.4 Å². The van der Waals surface area contributed by atoms with Gasteiger partial charge in [0.25, 0.3) is 5.91 Å². The Morgan fingerprint density at radius 2 is 1.61 bits per heavy atom. The van der Waals surface area contributed by atoms with Crippen LogP contribution in [0, 0.1) is 5.92 Å². The minimum absolute atomic E-state index is 0.0246. The monoisotopic (exact) mass is 463 g/mol. The van der Waals surface area contributed by atoms with Gasteiger partial charge >= 0.3 is 0 Å². The molecule has 31 heavy (non-hydrogen) atoms. The van der Waals surface area contributed by atoms with Crippen molar-refractivity contribution in [2.24, 2.45) is 5.92 Å². The summed E-state index contributed by atoms with van der Waals surface area (Å²) in [7, 11) is 0. The van der Waals surface area contributed by atoms with Gasteiger partial charge in [0, 0.05) is 48.5 Å². The normalized spacial score (nSPS) is 15.0. The molecule has 0 spiro atoms. The molecule has 1 heterocycles. The smallest absolute Gasteiger partial charge is 0.265 e. The third-order valence-electron chi connectivity index (χ3n) is 5.15. The van der Waals surface area contributed by atoms with E-state index in [4.69, 9.17) is 27.9 Å². The number of hydrogen-bond donors (Lipinski definition) is 1. The Kier molecular flexibility index (Phi) is 7.68. The molecule has 1 N–H and O–H groups in total. The molecule has 0 aromatic heterocycles. The highest BCUT2D eigenvalue weighted by Crippen LogP contribution is 2.28. The molecule has 2 aromatic rings. The molecule has 2 aromatic carbocycles. The number of benzene rings is 2. The molecule has 1 aliphatic rings. The molecular weight excluding hydrogens is 437 g/mol. The number of piperazine rings is 1. The van der Waals surface area contributed by atoms with Gasteiger partial charge in [-0.2, -0.15) is 0 Å². The number of rotatable bonds is 6. The summed E-state index contributed by atoms with van der Waals surface area (Å²) in [5.74, 6) is 0.351. The van der Waals surface area contributed by atoms with E-state index >= 15 is 0 Å². The van der Waals surface area contributed by atoms with E-state index in [0.717, 1.165) is 31.9 Å². The largest absolute Gasteiger partial charge is 0.479 e. The van der Waals surface area contributed by atoms with Gasteiger partial charge in [-0.05, 0) is 49.4 Å². The summed E-state index contributed by atoms with van der Waals surface area (Å²) >= 11 is 12.0. The van der Waals surface area contributed by atoms with Crippen molar-refractivity contribution in [1.29, 1.82) is 0 Å². The zero-order chi connectivity index (χ0) is 22.5. The van der Waals surface area contributed by atoms with E-state index in [9.17, 15) is 9.59 Å². The van der Waals surface area contributed by atoms with Gasteiger partial charge in [-0.25, -0.2) is 0 Å². The van der Waals surface area contributed by atoms with Crippen molar-refractivity contribution in [2.45, 2.75) is 26.9 Å². The third kappa shape index (κ3) is 6.05. The Morgan fingerprint density at radius 3 is 2.19 bits per heavy atom. The van der Waals surface area contributed by atoms with Gasteiger partial charge in [0.2, 0.25) is 5.91 Å². The molecule has 1 fully saturated rings. The number of nitrogens with one attached hydrogen (secondary N) is 1. The van der Waals surface area contributed by atoms with Crippen LogP contribution >= 0.6 is 23.2 Å². The molecular formula is C23H27Cl2N3O3.